The lowest BCUT2D eigenvalue weighted by Gasteiger charge is -2.03. The number of hydrogen-bond donors (Lipinski definition) is 0. The molecule has 0 nitrogen and oxygen atoms in total. The van der Waals surface area contributed by atoms with Gasteiger partial charge in [-0.15, -0.1) is 0 Å². The van der Waals surface area contributed by atoms with Crippen molar-refractivity contribution in [3.8, 4) is 0 Å². The lowest BCUT2D eigenvalue weighted by Crippen LogP contribution is -1.84. The lowest BCUT2D eigenvalue weighted by atomic mass is 10.0. The third kappa shape index (κ3) is 31.9. The topological polar surface area (TPSA) is 0 Å². The Bertz CT molecular complexity index is 590. The molecule has 0 saturated carbocycles. The van der Waals surface area contributed by atoms with Gasteiger partial charge >= 0.3 is 0 Å². The molecular weight excluding hydrogens is 432 g/mol. The Kier molecular flexibility index (Phi) is 31.0. The van der Waals surface area contributed by atoms with Crippen LogP contribution in [-0.2, 0) is 0 Å². The van der Waals surface area contributed by atoms with Crippen LogP contribution in [-0.4, -0.2) is 0 Å². The Morgan fingerprint density at radius 1 is 0.278 bits per heavy atom. The summed E-state index contributed by atoms with van der Waals surface area (Å²) in [5.41, 5.74) is 0. The summed E-state index contributed by atoms with van der Waals surface area (Å²) >= 11 is 0. The van der Waals surface area contributed by atoms with Crippen molar-refractivity contribution < 1.29 is 0 Å². The highest BCUT2D eigenvalue weighted by atomic mass is 14.0. The molecule has 0 saturated heterocycles. The van der Waals surface area contributed by atoms with Crippen LogP contribution >= 0.6 is 0 Å². The quantitative estimate of drug-likeness (QED) is 0.0883. The van der Waals surface area contributed by atoms with Crippen LogP contribution in [0.2, 0.25) is 0 Å². The van der Waals surface area contributed by atoms with E-state index in [-0.39, 0.29) is 0 Å². The van der Waals surface area contributed by atoms with Crippen molar-refractivity contribution in [2.75, 3.05) is 0 Å². The first-order chi connectivity index (χ1) is 17.9. The van der Waals surface area contributed by atoms with Crippen molar-refractivity contribution in [1.29, 1.82) is 0 Å². The molecule has 0 unspecified atom stereocenters. The number of hydrogen-bond acceptors (Lipinski definition) is 0. The Morgan fingerprint density at radius 3 is 0.917 bits per heavy atom. The van der Waals surface area contributed by atoms with Gasteiger partial charge in [-0.25, -0.2) is 0 Å². The summed E-state index contributed by atoms with van der Waals surface area (Å²) in [4.78, 5) is 0. The van der Waals surface area contributed by atoms with Crippen molar-refractivity contribution in [1.82, 2.24) is 0 Å². The van der Waals surface area contributed by atoms with Crippen molar-refractivity contribution in [3.63, 3.8) is 0 Å². The van der Waals surface area contributed by atoms with Crippen molar-refractivity contribution in [2.24, 2.45) is 0 Å². The van der Waals surface area contributed by atoms with E-state index in [9.17, 15) is 0 Å². The molecule has 36 heavy (non-hydrogen) atoms. The number of allylic oxidation sites excluding steroid dienone is 16. The molecular formula is C36H57. The molecule has 0 heterocycles. The van der Waals surface area contributed by atoms with E-state index in [1.54, 1.807) is 0 Å². The molecule has 1 radical (unpaired) electrons. The second kappa shape index (κ2) is 32.9. The summed E-state index contributed by atoms with van der Waals surface area (Å²) < 4.78 is 0. The molecule has 0 aliphatic heterocycles. The monoisotopic (exact) mass is 489 g/mol. The highest BCUT2D eigenvalue weighted by Gasteiger charge is 1.94. The van der Waals surface area contributed by atoms with Crippen molar-refractivity contribution >= 4 is 0 Å². The predicted octanol–water partition coefficient (Wildman–Crippen LogP) is 12.3. The van der Waals surface area contributed by atoms with E-state index in [1.807, 2.05) is 0 Å². The first kappa shape index (κ1) is 33.9. The van der Waals surface area contributed by atoms with Crippen LogP contribution in [0, 0.1) is 6.42 Å². The third-order valence-corrected chi connectivity index (χ3v) is 5.93. The van der Waals surface area contributed by atoms with E-state index < -0.39 is 0 Å². The Labute approximate surface area is 226 Å². The number of unbranched alkanes of at least 4 members (excludes halogenated alkanes) is 15. The van der Waals surface area contributed by atoms with Crippen LogP contribution in [0.3, 0.4) is 0 Å². The fourth-order valence-corrected chi connectivity index (χ4v) is 3.78. The van der Waals surface area contributed by atoms with Crippen LogP contribution in [0.15, 0.2) is 97.2 Å². The van der Waals surface area contributed by atoms with Crippen molar-refractivity contribution in [3.05, 3.63) is 104 Å². The third-order valence-electron chi connectivity index (χ3n) is 5.93. The van der Waals surface area contributed by atoms with E-state index in [1.165, 1.54) is 96.3 Å². The zero-order valence-electron chi connectivity index (χ0n) is 23.8. The van der Waals surface area contributed by atoms with Gasteiger partial charge in [-0.3, -0.25) is 0 Å². The first-order valence-electron chi connectivity index (χ1n) is 15.0. The maximum Gasteiger partial charge on any atom is -0.0348 e. The van der Waals surface area contributed by atoms with Gasteiger partial charge in [0.05, 0.1) is 0 Å². The highest BCUT2D eigenvalue weighted by molar-refractivity contribution is 5.16. The molecule has 0 heteroatoms. The minimum Gasteiger partial charge on any atom is -0.0848 e. The van der Waals surface area contributed by atoms with E-state index in [2.05, 4.69) is 117 Å². The molecule has 0 bridgehead atoms. The molecule has 0 rings (SSSR count). The standard InChI is InChI=1S/C36H57/c1-3-5-7-9-11-13-15-17-19-21-23-25-27-29-31-33-35-36-34-32-30-28-26-24-22-20-18-16-14-12-10-8-6-4-2/h5-20,35H,3-4,21-34,36H2,1-2H3. The zero-order chi connectivity index (χ0) is 26.0. The van der Waals surface area contributed by atoms with Gasteiger partial charge in [0.2, 0.25) is 0 Å². The van der Waals surface area contributed by atoms with Crippen LogP contribution in [0.5, 0.6) is 0 Å². The van der Waals surface area contributed by atoms with Crippen LogP contribution in [0.25, 0.3) is 0 Å². The summed E-state index contributed by atoms with van der Waals surface area (Å²) in [6.45, 7) is 4.31. The van der Waals surface area contributed by atoms with Gasteiger partial charge < -0.3 is 0 Å². The fourth-order valence-electron chi connectivity index (χ4n) is 3.78. The molecule has 0 aliphatic carbocycles. The molecule has 0 aromatic carbocycles. The molecule has 0 spiro atoms. The van der Waals surface area contributed by atoms with Crippen LogP contribution in [0.4, 0.5) is 0 Å². The number of rotatable bonds is 25. The van der Waals surface area contributed by atoms with Crippen LogP contribution < -0.4 is 0 Å². The minimum atomic E-state index is 1.10. The van der Waals surface area contributed by atoms with E-state index in [4.69, 9.17) is 0 Å². The largest absolute Gasteiger partial charge is 0.0848 e. The smallest absolute Gasteiger partial charge is 0.0348 e. The Balaban J connectivity index is 3.27. The van der Waals surface area contributed by atoms with Gasteiger partial charge in [0.1, 0.15) is 0 Å². The molecule has 201 valence electrons. The second-order valence-electron chi connectivity index (χ2n) is 9.40. The van der Waals surface area contributed by atoms with Gasteiger partial charge in [-0.2, -0.15) is 0 Å². The normalized spacial score (nSPS) is 13.3. The predicted molar refractivity (Wildman–Crippen MR) is 167 cm³/mol. The summed E-state index contributed by atoms with van der Waals surface area (Å²) in [6, 6.07) is 0. The van der Waals surface area contributed by atoms with Gasteiger partial charge in [0, 0.05) is 0 Å². The summed E-state index contributed by atoms with van der Waals surface area (Å²) in [5.74, 6) is 0. The molecule has 0 aromatic heterocycles. The summed E-state index contributed by atoms with van der Waals surface area (Å²) in [7, 11) is 0. The second-order valence-corrected chi connectivity index (χ2v) is 9.40. The van der Waals surface area contributed by atoms with Crippen molar-refractivity contribution in [2.45, 2.75) is 123 Å². The Morgan fingerprint density at radius 2 is 0.556 bits per heavy atom. The first-order valence-corrected chi connectivity index (χ1v) is 15.0. The van der Waals surface area contributed by atoms with Gasteiger partial charge in [0.25, 0.3) is 0 Å². The highest BCUT2D eigenvalue weighted by Crippen LogP contribution is 2.13. The van der Waals surface area contributed by atoms with E-state index in [0.29, 0.717) is 0 Å². The SMILES string of the molecule is CCC=CC=CC=CC=CCCCCCCC[CH]CCCCCCCCC=CC=CC=CC=CCC. The minimum absolute atomic E-state index is 1.10. The molecule has 0 N–H and O–H groups in total. The molecule has 0 fully saturated rings. The molecule has 0 aliphatic rings. The molecule has 0 aromatic rings. The van der Waals surface area contributed by atoms with Gasteiger partial charge in [-0.1, -0.05) is 182 Å². The fraction of sp³-hybridized carbons (Fsp3) is 0.528. The van der Waals surface area contributed by atoms with E-state index in [0.717, 1.165) is 12.8 Å². The van der Waals surface area contributed by atoms with Gasteiger partial charge in [-0.05, 0) is 44.9 Å². The average molecular weight is 490 g/mol. The van der Waals surface area contributed by atoms with Gasteiger partial charge in [0.15, 0.2) is 0 Å². The molecule has 0 atom stereocenters. The maximum atomic E-state index is 2.54. The van der Waals surface area contributed by atoms with Crippen LogP contribution in [0.1, 0.15) is 123 Å². The maximum absolute atomic E-state index is 2.54. The summed E-state index contributed by atoms with van der Waals surface area (Å²) in [6.07, 6.45) is 59.2. The Hall–Kier alpha value is -2.08. The lowest BCUT2D eigenvalue weighted by molar-refractivity contribution is 0.579. The summed E-state index contributed by atoms with van der Waals surface area (Å²) in [5, 5.41) is 0. The zero-order valence-corrected chi connectivity index (χ0v) is 23.8. The van der Waals surface area contributed by atoms with E-state index >= 15 is 0 Å². The average Bonchev–Trinajstić information content (AvgIpc) is 2.89. The molecule has 0 amide bonds.